The molecule has 0 saturated carbocycles. The zero-order chi connectivity index (χ0) is 13.0. The minimum atomic E-state index is -0.788. The fraction of sp³-hybridized carbons (Fsp3) is 0.533. The zero-order valence-corrected chi connectivity index (χ0v) is 10.7. The van der Waals surface area contributed by atoms with Crippen molar-refractivity contribution in [3.63, 3.8) is 0 Å². The Bertz CT molecular complexity index is 452. The summed E-state index contributed by atoms with van der Waals surface area (Å²) in [6.07, 6.45) is 2.58. The first-order valence-corrected chi connectivity index (χ1v) is 6.52. The van der Waals surface area contributed by atoms with Crippen LogP contribution in [0.25, 0.3) is 0 Å². The van der Waals surface area contributed by atoms with Crippen molar-refractivity contribution >= 4 is 0 Å². The molecular formula is C15H19NO2. The molecule has 0 aliphatic carbocycles. The molecule has 0 amide bonds. The van der Waals surface area contributed by atoms with Crippen LogP contribution >= 0.6 is 0 Å². The molecule has 1 aromatic rings. The maximum atomic E-state index is 10.3. The topological polar surface area (TPSA) is 53.2 Å². The average molecular weight is 245 g/mol. The van der Waals surface area contributed by atoms with Crippen molar-refractivity contribution in [2.45, 2.75) is 38.7 Å². The summed E-state index contributed by atoms with van der Waals surface area (Å²) in [5, 5.41) is 19.7. The van der Waals surface area contributed by atoms with Crippen LogP contribution < -0.4 is 4.74 Å². The minimum absolute atomic E-state index is 0.283. The standard InChI is InChI=1S/C15H19NO2/c1-2-3-8-14(17)15(10-16)9-12-6-4-5-7-13(12)18-11-15/h4-7,14,17H,2-3,8-9,11H2,1H3. The summed E-state index contributed by atoms with van der Waals surface area (Å²) in [6, 6.07) is 10.0. The molecule has 3 heteroatoms. The van der Waals surface area contributed by atoms with Gasteiger partial charge in [0.2, 0.25) is 0 Å². The van der Waals surface area contributed by atoms with Crippen molar-refractivity contribution in [2.75, 3.05) is 6.61 Å². The molecule has 1 aliphatic rings. The van der Waals surface area contributed by atoms with Gasteiger partial charge >= 0.3 is 0 Å². The number of hydrogen-bond donors (Lipinski definition) is 1. The van der Waals surface area contributed by atoms with Crippen LogP contribution in [0.1, 0.15) is 31.7 Å². The summed E-state index contributed by atoms with van der Waals surface area (Å²) < 4.78 is 5.65. The number of para-hydroxylation sites is 1. The lowest BCUT2D eigenvalue weighted by atomic mass is 9.75. The number of nitrogens with zero attached hydrogens (tertiary/aromatic N) is 1. The second-order valence-electron chi connectivity index (χ2n) is 5.00. The Hall–Kier alpha value is -1.53. The van der Waals surface area contributed by atoms with E-state index in [4.69, 9.17) is 4.74 Å². The van der Waals surface area contributed by atoms with E-state index in [1.807, 2.05) is 24.3 Å². The van der Waals surface area contributed by atoms with Gasteiger partial charge < -0.3 is 9.84 Å². The van der Waals surface area contributed by atoms with Crippen LogP contribution in [0, 0.1) is 16.7 Å². The Kier molecular flexibility index (Phi) is 3.88. The number of benzene rings is 1. The molecule has 1 N–H and O–H groups in total. The van der Waals surface area contributed by atoms with E-state index >= 15 is 0 Å². The quantitative estimate of drug-likeness (QED) is 0.887. The zero-order valence-electron chi connectivity index (χ0n) is 10.7. The largest absolute Gasteiger partial charge is 0.492 e. The molecule has 0 fully saturated rings. The number of rotatable bonds is 4. The highest BCUT2D eigenvalue weighted by Crippen LogP contribution is 2.37. The third-order valence-electron chi connectivity index (χ3n) is 3.66. The minimum Gasteiger partial charge on any atom is -0.492 e. The molecule has 2 atom stereocenters. The predicted octanol–water partition coefficient (Wildman–Crippen LogP) is 2.68. The lowest BCUT2D eigenvalue weighted by Gasteiger charge is -2.36. The summed E-state index contributed by atoms with van der Waals surface area (Å²) in [5.41, 5.74) is 0.227. The Morgan fingerprint density at radius 1 is 1.50 bits per heavy atom. The molecule has 3 nitrogen and oxygen atoms in total. The summed E-state index contributed by atoms with van der Waals surface area (Å²) in [7, 11) is 0. The highest BCUT2D eigenvalue weighted by molar-refractivity contribution is 5.37. The summed E-state index contributed by atoms with van der Waals surface area (Å²) in [4.78, 5) is 0. The first-order chi connectivity index (χ1) is 8.72. The average Bonchev–Trinajstić information content (AvgIpc) is 2.44. The smallest absolute Gasteiger partial charge is 0.122 e. The molecule has 18 heavy (non-hydrogen) atoms. The Balaban J connectivity index is 2.19. The first kappa shape index (κ1) is 12.9. The van der Waals surface area contributed by atoms with E-state index in [0.29, 0.717) is 12.8 Å². The number of fused-ring (bicyclic) bond motifs is 1. The van der Waals surface area contributed by atoms with E-state index in [9.17, 15) is 10.4 Å². The van der Waals surface area contributed by atoms with Crippen molar-refractivity contribution in [1.82, 2.24) is 0 Å². The fourth-order valence-corrected chi connectivity index (χ4v) is 2.42. The SMILES string of the molecule is CCCCC(O)C1(C#N)COc2ccccc2C1. The third-order valence-corrected chi connectivity index (χ3v) is 3.66. The van der Waals surface area contributed by atoms with Gasteiger partial charge in [-0.05, 0) is 18.1 Å². The molecule has 0 bridgehead atoms. The highest BCUT2D eigenvalue weighted by atomic mass is 16.5. The van der Waals surface area contributed by atoms with Gasteiger partial charge in [-0.25, -0.2) is 0 Å². The van der Waals surface area contributed by atoms with E-state index in [2.05, 4.69) is 13.0 Å². The molecular weight excluding hydrogens is 226 g/mol. The second-order valence-corrected chi connectivity index (χ2v) is 5.00. The van der Waals surface area contributed by atoms with Crippen LogP contribution in [-0.2, 0) is 6.42 Å². The van der Waals surface area contributed by atoms with Gasteiger partial charge in [0, 0.05) is 6.42 Å². The Labute approximate surface area is 108 Å². The second kappa shape index (κ2) is 5.41. The molecule has 0 saturated heterocycles. The van der Waals surface area contributed by atoms with Crippen molar-refractivity contribution in [3.8, 4) is 11.8 Å². The summed E-state index contributed by atoms with van der Waals surface area (Å²) in [5.74, 6) is 0.839. The van der Waals surface area contributed by atoms with Gasteiger partial charge in [0.1, 0.15) is 17.8 Å². The van der Waals surface area contributed by atoms with Crippen molar-refractivity contribution in [2.24, 2.45) is 5.41 Å². The van der Waals surface area contributed by atoms with Gasteiger partial charge in [-0.2, -0.15) is 5.26 Å². The van der Waals surface area contributed by atoms with Crippen LogP contribution in [0.3, 0.4) is 0 Å². The van der Waals surface area contributed by atoms with Gasteiger partial charge in [0.25, 0.3) is 0 Å². The molecule has 96 valence electrons. The number of unbranched alkanes of at least 4 members (excludes halogenated alkanes) is 1. The molecule has 2 unspecified atom stereocenters. The number of hydrogen-bond acceptors (Lipinski definition) is 3. The van der Waals surface area contributed by atoms with Crippen LogP contribution in [0.5, 0.6) is 5.75 Å². The van der Waals surface area contributed by atoms with E-state index in [1.165, 1.54) is 0 Å². The van der Waals surface area contributed by atoms with Gasteiger partial charge in [0.05, 0.1) is 12.2 Å². The number of nitriles is 1. The Morgan fingerprint density at radius 2 is 2.28 bits per heavy atom. The predicted molar refractivity (Wildman–Crippen MR) is 69.2 cm³/mol. The van der Waals surface area contributed by atoms with Crippen LogP contribution in [0.2, 0.25) is 0 Å². The molecule has 1 aliphatic heterocycles. The van der Waals surface area contributed by atoms with Crippen molar-refractivity contribution in [1.29, 1.82) is 5.26 Å². The number of aliphatic hydroxyl groups is 1. The van der Waals surface area contributed by atoms with Crippen LogP contribution in [0.4, 0.5) is 0 Å². The molecule has 1 heterocycles. The first-order valence-electron chi connectivity index (χ1n) is 6.52. The van der Waals surface area contributed by atoms with Gasteiger partial charge in [-0.15, -0.1) is 0 Å². The van der Waals surface area contributed by atoms with Crippen LogP contribution in [-0.4, -0.2) is 17.8 Å². The maximum Gasteiger partial charge on any atom is 0.122 e. The summed E-state index contributed by atoms with van der Waals surface area (Å²) in [6.45, 7) is 2.36. The molecule has 1 aromatic carbocycles. The van der Waals surface area contributed by atoms with Gasteiger partial charge in [-0.1, -0.05) is 38.0 Å². The molecule has 0 radical (unpaired) electrons. The lowest BCUT2D eigenvalue weighted by molar-refractivity contribution is 0.0121. The maximum absolute atomic E-state index is 10.3. The highest BCUT2D eigenvalue weighted by Gasteiger charge is 2.42. The summed E-state index contributed by atoms with van der Waals surface area (Å²) >= 11 is 0. The third kappa shape index (κ3) is 2.34. The number of aliphatic hydroxyl groups excluding tert-OH is 1. The fourth-order valence-electron chi connectivity index (χ4n) is 2.42. The van der Waals surface area contributed by atoms with E-state index in [1.54, 1.807) is 0 Å². The van der Waals surface area contributed by atoms with Crippen molar-refractivity contribution in [3.05, 3.63) is 29.8 Å². The normalized spacial score (nSPS) is 23.6. The Morgan fingerprint density at radius 3 is 3.00 bits per heavy atom. The van der Waals surface area contributed by atoms with Crippen LogP contribution in [0.15, 0.2) is 24.3 Å². The molecule has 2 rings (SSSR count). The number of ether oxygens (including phenoxy) is 1. The van der Waals surface area contributed by atoms with E-state index in [-0.39, 0.29) is 6.61 Å². The van der Waals surface area contributed by atoms with Gasteiger partial charge in [0.15, 0.2) is 0 Å². The monoisotopic (exact) mass is 245 g/mol. The van der Waals surface area contributed by atoms with Gasteiger partial charge in [-0.3, -0.25) is 0 Å². The van der Waals surface area contributed by atoms with E-state index < -0.39 is 11.5 Å². The van der Waals surface area contributed by atoms with E-state index in [0.717, 1.165) is 24.2 Å². The lowest BCUT2D eigenvalue weighted by Crippen LogP contribution is -2.43. The van der Waals surface area contributed by atoms with Crippen molar-refractivity contribution < 1.29 is 9.84 Å². The molecule has 0 spiro atoms. The molecule has 0 aromatic heterocycles.